The van der Waals surface area contributed by atoms with E-state index in [0.29, 0.717) is 30.5 Å². The summed E-state index contributed by atoms with van der Waals surface area (Å²) >= 11 is 0. The lowest BCUT2D eigenvalue weighted by atomic mass is 9.51. The number of carbonyl (C=O) groups excluding carboxylic acids is 3. The number of allylic oxidation sites excluding steroid dienone is 7. The van der Waals surface area contributed by atoms with Crippen molar-refractivity contribution in [3.8, 4) is 17.2 Å². The third kappa shape index (κ3) is 8.50. The number of hydrogen-bond donors (Lipinski definition) is 3. The Balaban J connectivity index is 1.27. The van der Waals surface area contributed by atoms with Crippen molar-refractivity contribution in [3.63, 3.8) is 0 Å². The minimum Gasteiger partial charge on any atom is -0.507 e. The maximum absolute atomic E-state index is 15.0. The van der Waals surface area contributed by atoms with E-state index in [-0.39, 0.29) is 72.2 Å². The second-order valence-corrected chi connectivity index (χ2v) is 18.3. The van der Waals surface area contributed by atoms with Crippen LogP contribution in [0.1, 0.15) is 115 Å². The van der Waals surface area contributed by atoms with Crippen LogP contribution in [0.2, 0.25) is 0 Å². The molecule has 1 saturated carbocycles. The molecule has 3 N–H and O–H groups in total. The summed E-state index contributed by atoms with van der Waals surface area (Å²) in [5.41, 5.74) is 0.486. The van der Waals surface area contributed by atoms with Crippen molar-refractivity contribution in [1.29, 1.82) is 0 Å². The minimum atomic E-state index is -1.65. The number of ketones is 2. The fourth-order valence-corrected chi connectivity index (χ4v) is 9.89. The number of Topliss-reactive ketones (excluding diaryl/α,β-unsaturated/α-hetero) is 2. The van der Waals surface area contributed by atoms with Gasteiger partial charge in [-0.15, -0.1) is 0 Å². The Hall–Kier alpha value is -4.03. The second-order valence-electron chi connectivity index (χ2n) is 18.3. The molecule has 1 aromatic rings. The normalized spacial score (nSPS) is 26.2. The topological polar surface area (TPSA) is 146 Å². The lowest BCUT2D eigenvalue weighted by molar-refractivity contribution is -0.171. The summed E-state index contributed by atoms with van der Waals surface area (Å²) < 4.78 is 19.7. The maximum Gasteiger partial charge on any atom is 0.333 e. The first-order valence-corrected chi connectivity index (χ1v) is 21.6. The smallest absolute Gasteiger partial charge is 0.333 e. The van der Waals surface area contributed by atoms with Crippen LogP contribution in [0.15, 0.2) is 58.2 Å². The number of carbonyl (C=O) groups is 3. The van der Waals surface area contributed by atoms with Gasteiger partial charge < -0.3 is 34.4 Å². The van der Waals surface area contributed by atoms with Crippen LogP contribution < -0.4 is 4.74 Å². The van der Waals surface area contributed by atoms with Crippen molar-refractivity contribution in [2.75, 3.05) is 52.5 Å². The van der Waals surface area contributed by atoms with Crippen LogP contribution in [-0.4, -0.2) is 112 Å². The Morgan fingerprint density at radius 1 is 0.881 bits per heavy atom. The van der Waals surface area contributed by atoms with Gasteiger partial charge in [-0.3, -0.25) is 14.5 Å². The molecule has 3 heterocycles. The third-order valence-corrected chi connectivity index (χ3v) is 13.2. The molecule has 2 saturated heterocycles. The Morgan fingerprint density at radius 2 is 1.54 bits per heavy atom. The Kier molecular flexibility index (Phi) is 13.5. The van der Waals surface area contributed by atoms with E-state index in [1.54, 1.807) is 19.1 Å². The van der Waals surface area contributed by atoms with Crippen molar-refractivity contribution in [3.05, 3.63) is 74.9 Å². The number of aromatic hydroxyl groups is 2. The van der Waals surface area contributed by atoms with Gasteiger partial charge in [-0.05, 0) is 107 Å². The molecule has 0 unspecified atom stereocenters. The van der Waals surface area contributed by atoms with Gasteiger partial charge in [0.05, 0.1) is 18.8 Å². The summed E-state index contributed by atoms with van der Waals surface area (Å²) in [5, 5.41) is 33.0. The van der Waals surface area contributed by atoms with E-state index in [0.717, 1.165) is 63.1 Å². The van der Waals surface area contributed by atoms with E-state index in [1.807, 2.05) is 46.8 Å². The van der Waals surface area contributed by atoms with Gasteiger partial charge in [-0.25, -0.2) is 4.79 Å². The van der Waals surface area contributed by atoms with Gasteiger partial charge in [0.15, 0.2) is 22.8 Å². The predicted molar refractivity (Wildman–Crippen MR) is 228 cm³/mol. The number of piperazine rings is 1. The summed E-state index contributed by atoms with van der Waals surface area (Å²) in [4.78, 5) is 47.6. The highest BCUT2D eigenvalue weighted by Crippen LogP contribution is 2.68. The van der Waals surface area contributed by atoms with E-state index >= 15 is 0 Å². The number of unbranched alkanes of at least 4 members (excludes halogenated alkanes) is 1. The SMILES string of the molecule is CC(C)=CCC/C(C)=C/Cc1c(O)c(CC=C(C)C)c2c(c1O)C(=O)C1=C[C@@H]3C[C@H]4C(C)(C)O[C@@](C/C=C(/C)C(=O)OCCCCN5CCN(CCO)CC5)(C3=O)[C@@]14O2. The Morgan fingerprint density at radius 3 is 2.20 bits per heavy atom. The van der Waals surface area contributed by atoms with Gasteiger partial charge in [0.2, 0.25) is 0 Å². The highest BCUT2D eigenvalue weighted by atomic mass is 16.6. The first-order chi connectivity index (χ1) is 28.0. The molecule has 59 heavy (non-hydrogen) atoms. The number of fused-ring (bicyclic) bond motifs is 1. The van der Waals surface area contributed by atoms with Gasteiger partial charge >= 0.3 is 5.97 Å². The number of phenols is 2. The molecule has 0 radical (unpaired) electrons. The number of nitrogens with zero attached hydrogens (tertiary/aromatic N) is 2. The molecular formula is C48H66N2O9. The molecule has 11 nitrogen and oxygen atoms in total. The van der Waals surface area contributed by atoms with Crippen molar-refractivity contribution < 1.29 is 43.9 Å². The quantitative estimate of drug-likeness (QED) is 0.0640. The minimum absolute atomic E-state index is 0.00552. The van der Waals surface area contributed by atoms with Crippen LogP contribution in [0.4, 0.5) is 0 Å². The lowest BCUT2D eigenvalue weighted by Crippen LogP contribution is -2.72. The monoisotopic (exact) mass is 814 g/mol. The molecule has 0 amide bonds. The molecule has 3 aliphatic carbocycles. The molecule has 3 aliphatic heterocycles. The van der Waals surface area contributed by atoms with Crippen molar-refractivity contribution in [2.45, 2.75) is 124 Å². The summed E-state index contributed by atoms with van der Waals surface area (Å²) in [7, 11) is 0. The number of phenolic OH excluding ortho intramolecular Hbond substituents is 2. The number of aliphatic hydroxyl groups excluding tert-OH is 1. The number of benzene rings is 1. The van der Waals surface area contributed by atoms with E-state index in [9.17, 15) is 29.7 Å². The first-order valence-electron chi connectivity index (χ1n) is 21.6. The van der Waals surface area contributed by atoms with E-state index in [2.05, 4.69) is 29.7 Å². The molecule has 6 aliphatic rings. The van der Waals surface area contributed by atoms with Gasteiger partial charge in [0.25, 0.3) is 0 Å². The predicted octanol–water partition coefficient (Wildman–Crippen LogP) is 7.12. The fourth-order valence-electron chi connectivity index (χ4n) is 9.89. The van der Waals surface area contributed by atoms with Gasteiger partial charge in [-0.1, -0.05) is 47.1 Å². The van der Waals surface area contributed by atoms with Gasteiger partial charge in [-0.2, -0.15) is 0 Å². The third-order valence-electron chi connectivity index (χ3n) is 13.2. The highest BCUT2D eigenvalue weighted by Gasteiger charge is 2.81. The number of esters is 1. The van der Waals surface area contributed by atoms with E-state index in [1.165, 1.54) is 5.57 Å². The van der Waals surface area contributed by atoms with Crippen LogP contribution in [0.5, 0.6) is 17.2 Å². The van der Waals surface area contributed by atoms with Crippen molar-refractivity contribution in [2.24, 2.45) is 11.8 Å². The summed E-state index contributed by atoms with van der Waals surface area (Å²) in [6, 6.07) is 0. The van der Waals surface area contributed by atoms with E-state index < -0.39 is 40.4 Å². The number of aliphatic hydroxyl groups is 1. The number of rotatable bonds is 17. The van der Waals surface area contributed by atoms with Crippen LogP contribution in [0.25, 0.3) is 0 Å². The van der Waals surface area contributed by atoms with Gasteiger partial charge in [0.1, 0.15) is 22.8 Å². The molecule has 7 rings (SSSR count). The number of hydrogen-bond acceptors (Lipinski definition) is 11. The average molecular weight is 815 g/mol. The van der Waals surface area contributed by atoms with Crippen molar-refractivity contribution in [1.82, 2.24) is 9.80 Å². The van der Waals surface area contributed by atoms with Crippen molar-refractivity contribution >= 4 is 17.5 Å². The first kappa shape index (κ1) is 44.5. The van der Waals surface area contributed by atoms with Crippen LogP contribution in [-0.2, 0) is 31.9 Å². The zero-order valence-corrected chi connectivity index (χ0v) is 36.5. The van der Waals surface area contributed by atoms with E-state index in [4.69, 9.17) is 14.2 Å². The Labute approximate surface area is 350 Å². The second kappa shape index (κ2) is 17.9. The Bertz CT molecular complexity index is 1970. The molecular weight excluding hydrogens is 749 g/mol. The summed E-state index contributed by atoms with van der Waals surface area (Å²) in [5.74, 6) is -2.54. The molecule has 0 aromatic heterocycles. The number of ether oxygens (including phenoxy) is 3. The zero-order chi connectivity index (χ0) is 42.9. The molecule has 3 fully saturated rings. The maximum atomic E-state index is 15.0. The number of β-amino-alcohol motifs (C(OH)–C–C–N with tert-alkyl or cyclic N) is 1. The molecule has 11 heteroatoms. The largest absolute Gasteiger partial charge is 0.507 e. The standard InChI is InChI=1S/C48H66N2O9/c1-30(2)12-11-13-32(5)15-17-35-40(52)36(16-14-31(3)4)43-39(41(35)53)42(54)37-28-34-29-38-46(7,8)59-47(44(34)55,48(37,38)58-43)19-18-33(6)45(56)57-27-10-9-20-49-21-23-50(24-22-49)25-26-51/h12,14-15,18,28,34,38,51-53H,9-11,13,16-17,19-27,29H2,1-8H3/b32-15+,33-18-/t34-,38+,47+,48-/m1/s1. The lowest BCUT2D eigenvalue weighted by Gasteiger charge is -2.56. The molecule has 322 valence electrons. The molecule has 4 atom stereocenters. The van der Waals surface area contributed by atoms with Crippen LogP contribution >= 0.6 is 0 Å². The average Bonchev–Trinajstić information content (AvgIpc) is 3.33. The zero-order valence-electron chi connectivity index (χ0n) is 36.5. The molecule has 4 bridgehead atoms. The van der Waals surface area contributed by atoms with Crippen LogP contribution in [0, 0.1) is 11.8 Å². The fraction of sp³-hybridized carbons (Fsp3) is 0.604. The summed E-state index contributed by atoms with van der Waals surface area (Å²) in [6.45, 7) is 21.4. The highest BCUT2D eigenvalue weighted by molar-refractivity contribution is 6.18. The molecule has 1 aromatic carbocycles. The molecule has 1 spiro atoms. The van der Waals surface area contributed by atoms with Crippen LogP contribution in [0.3, 0.4) is 0 Å². The van der Waals surface area contributed by atoms with Gasteiger partial charge in [0, 0.05) is 73.3 Å². The summed E-state index contributed by atoms with van der Waals surface area (Å²) in [6.07, 6.45) is 13.6.